The number of alkyl halides is 1. The summed E-state index contributed by atoms with van der Waals surface area (Å²) in [7, 11) is 0. The molecule has 0 saturated heterocycles. The van der Waals surface area contributed by atoms with E-state index in [1.807, 2.05) is 60.7 Å². The second-order valence-corrected chi connectivity index (χ2v) is 7.07. The molecule has 29 heavy (non-hydrogen) atoms. The standard InChI is InChI=1S/C25H25ClO3/c26-16-15-24(19-7-3-1-4-8-19)25(20-9-5-2-6-10-20)21-11-13-23(14-12-21)29-18-22(28)17-27/h1-14,22,27-28H,15-18H2. The maximum Gasteiger partial charge on any atom is 0.119 e. The number of aliphatic hydroxyl groups excluding tert-OH is 2. The van der Waals surface area contributed by atoms with Crippen LogP contribution in [0.5, 0.6) is 5.75 Å². The highest BCUT2D eigenvalue weighted by atomic mass is 35.5. The highest BCUT2D eigenvalue weighted by molar-refractivity contribution is 6.18. The van der Waals surface area contributed by atoms with Gasteiger partial charge in [0.15, 0.2) is 0 Å². The summed E-state index contributed by atoms with van der Waals surface area (Å²) >= 11 is 6.18. The molecule has 3 nitrogen and oxygen atoms in total. The lowest BCUT2D eigenvalue weighted by molar-refractivity contribution is 0.0536. The van der Waals surface area contributed by atoms with Gasteiger partial charge in [-0.2, -0.15) is 0 Å². The molecule has 0 aromatic heterocycles. The number of aliphatic hydroxyl groups is 2. The van der Waals surface area contributed by atoms with Crippen molar-refractivity contribution < 1.29 is 14.9 Å². The third-order valence-electron chi connectivity index (χ3n) is 4.63. The average Bonchev–Trinajstić information content (AvgIpc) is 2.79. The van der Waals surface area contributed by atoms with Gasteiger partial charge < -0.3 is 14.9 Å². The minimum atomic E-state index is -0.886. The third kappa shape index (κ3) is 5.70. The van der Waals surface area contributed by atoms with E-state index in [0.29, 0.717) is 11.6 Å². The molecule has 3 aromatic carbocycles. The van der Waals surface area contributed by atoms with Crippen molar-refractivity contribution in [2.75, 3.05) is 19.1 Å². The van der Waals surface area contributed by atoms with Crippen molar-refractivity contribution in [3.63, 3.8) is 0 Å². The maximum absolute atomic E-state index is 9.47. The minimum Gasteiger partial charge on any atom is -0.491 e. The zero-order valence-electron chi connectivity index (χ0n) is 16.2. The SMILES string of the molecule is OCC(O)COc1ccc(C(=C(CCCl)c2ccccc2)c2ccccc2)cc1. The summed E-state index contributed by atoms with van der Waals surface area (Å²) in [6.07, 6.45) is -0.139. The van der Waals surface area contributed by atoms with Crippen LogP contribution in [-0.2, 0) is 0 Å². The molecular weight excluding hydrogens is 384 g/mol. The van der Waals surface area contributed by atoms with Crippen molar-refractivity contribution in [2.45, 2.75) is 12.5 Å². The quantitative estimate of drug-likeness (QED) is 0.386. The fourth-order valence-electron chi connectivity index (χ4n) is 3.23. The van der Waals surface area contributed by atoms with Gasteiger partial charge in [0.1, 0.15) is 18.5 Å². The number of benzene rings is 3. The van der Waals surface area contributed by atoms with Crippen LogP contribution in [0.25, 0.3) is 11.1 Å². The zero-order valence-corrected chi connectivity index (χ0v) is 16.9. The summed E-state index contributed by atoms with van der Waals surface area (Å²) in [5.41, 5.74) is 5.67. The molecule has 0 bridgehead atoms. The molecule has 0 aliphatic heterocycles. The lowest BCUT2D eigenvalue weighted by Crippen LogP contribution is -2.21. The molecule has 0 fully saturated rings. The van der Waals surface area contributed by atoms with Crippen LogP contribution in [-0.4, -0.2) is 35.4 Å². The van der Waals surface area contributed by atoms with E-state index in [1.54, 1.807) is 0 Å². The van der Waals surface area contributed by atoms with Crippen molar-refractivity contribution in [1.82, 2.24) is 0 Å². The Kier molecular flexibility index (Phi) is 7.88. The van der Waals surface area contributed by atoms with Crippen molar-refractivity contribution in [3.05, 3.63) is 102 Å². The van der Waals surface area contributed by atoms with E-state index in [0.717, 1.165) is 28.7 Å². The molecule has 150 valence electrons. The third-order valence-corrected chi connectivity index (χ3v) is 4.82. The summed E-state index contributed by atoms with van der Waals surface area (Å²) in [5.74, 6) is 1.17. The number of halogens is 1. The molecule has 1 unspecified atom stereocenters. The average molecular weight is 409 g/mol. The Hall–Kier alpha value is -2.59. The van der Waals surface area contributed by atoms with Crippen LogP contribution < -0.4 is 4.74 Å². The second kappa shape index (κ2) is 10.8. The monoisotopic (exact) mass is 408 g/mol. The Balaban J connectivity index is 2.04. The Morgan fingerprint density at radius 2 is 1.34 bits per heavy atom. The molecule has 0 heterocycles. The highest BCUT2D eigenvalue weighted by Crippen LogP contribution is 2.35. The van der Waals surface area contributed by atoms with Gasteiger partial charge >= 0.3 is 0 Å². The lowest BCUT2D eigenvalue weighted by atomic mass is 9.88. The first kappa shape index (κ1) is 21.1. The van der Waals surface area contributed by atoms with Crippen LogP contribution in [0.2, 0.25) is 0 Å². The minimum absolute atomic E-state index is 0.0543. The first-order valence-corrected chi connectivity index (χ1v) is 10.2. The smallest absolute Gasteiger partial charge is 0.119 e. The number of allylic oxidation sites excluding steroid dienone is 1. The summed E-state index contributed by atoms with van der Waals surface area (Å²) in [4.78, 5) is 0. The van der Waals surface area contributed by atoms with Gasteiger partial charge in [0.2, 0.25) is 0 Å². The van der Waals surface area contributed by atoms with Gasteiger partial charge in [-0.25, -0.2) is 0 Å². The topological polar surface area (TPSA) is 49.7 Å². The molecule has 0 saturated carbocycles. The predicted molar refractivity (Wildman–Crippen MR) is 119 cm³/mol. The summed E-state index contributed by atoms with van der Waals surface area (Å²) in [5, 5.41) is 18.4. The molecule has 3 aromatic rings. The zero-order chi connectivity index (χ0) is 20.5. The molecule has 2 N–H and O–H groups in total. The Morgan fingerprint density at radius 1 is 0.793 bits per heavy atom. The van der Waals surface area contributed by atoms with Crippen molar-refractivity contribution in [2.24, 2.45) is 0 Å². The van der Waals surface area contributed by atoms with Gasteiger partial charge in [-0.3, -0.25) is 0 Å². The van der Waals surface area contributed by atoms with Crippen LogP contribution >= 0.6 is 11.6 Å². The van der Waals surface area contributed by atoms with E-state index in [4.69, 9.17) is 21.4 Å². The fraction of sp³-hybridized carbons (Fsp3) is 0.200. The number of hydrogen-bond acceptors (Lipinski definition) is 3. The number of hydrogen-bond donors (Lipinski definition) is 2. The van der Waals surface area contributed by atoms with Crippen LogP contribution in [0.4, 0.5) is 0 Å². The Morgan fingerprint density at radius 3 is 1.90 bits per heavy atom. The van der Waals surface area contributed by atoms with E-state index >= 15 is 0 Å². The molecular formula is C25H25ClO3. The number of rotatable bonds is 9. The maximum atomic E-state index is 9.47. The summed E-state index contributed by atoms with van der Waals surface area (Å²) in [6, 6.07) is 28.4. The largest absolute Gasteiger partial charge is 0.491 e. The predicted octanol–water partition coefficient (Wildman–Crippen LogP) is 5.01. The van der Waals surface area contributed by atoms with E-state index in [9.17, 15) is 5.11 Å². The van der Waals surface area contributed by atoms with Gasteiger partial charge in [-0.05, 0) is 46.4 Å². The Bertz CT molecular complexity index is 906. The van der Waals surface area contributed by atoms with Crippen LogP contribution in [0, 0.1) is 0 Å². The second-order valence-electron chi connectivity index (χ2n) is 6.70. The Labute approximate surface area is 176 Å². The molecule has 4 heteroatoms. The van der Waals surface area contributed by atoms with Gasteiger partial charge in [0.25, 0.3) is 0 Å². The van der Waals surface area contributed by atoms with Crippen molar-refractivity contribution >= 4 is 22.7 Å². The molecule has 1 atom stereocenters. The van der Waals surface area contributed by atoms with E-state index in [1.165, 1.54) is 5.57 Å². The van der Waals surface area contributed by atoms with Crippen LogP contribution in [0.1, 0.15) is 23.1 Å². The lowest BCUT2D eigenvalue weighted by Gasteiger charge is -2.17. The number of ether oxygens (including phenoxy) is 1. The normalized spacial score (nSPS) is 12.9. The molecule has 0 aliphatic carbocycles. The molecule has 0 radical (unpaired) electrons. The van der Waals surface area contributed by atoms with Gasteiger partial charge in [-0.1, -0.05) is 72.8 Å². The van der Waals surface area contributed by atoms with Gasteiger partial charge in [0, 0.05) is 5.88 Å². The van der Waals surface area contributed by atoms with Gasteiger partial charge in [0.05, 0.1) is 6.61 Å². The van der Waals surface area contributed by atoms with Crippen LogP contribution in [0.15, 0.2) is 84.9 Å². The highest BCUT2D eigenvalue weighted by Gasteiger charge is 2.14. The first-order chi connectivity index (χ1) is 14.2. The van der Waals surface area contributed by atoms with E-state index in [-0.39, 0.29) is 13.2 Å². The summed E-state index contributed by atoms with van der Waals surface area (Å²) < 4.78 is 5.54. The van der Waals surface area contributed by atoms with E-state index < -0.39 is 6.10 Å². The molecule has 0 spiro atoms. The molecule has 0 aliphatic rings. The molecule has 0 amide bonds. The van der Waals surface area contributed by atoms with Crippen molar-refractivity contribution in [3.8, 4) is 5.75 Å². The van der Waals surface area contributed by atoms with Gasteiger partial charge in [-0.15, -0.1) is 11.6 Å². The summed E-state index contributed by atoms with van der Waals surface area (Å²) in [6.45, 7) is -0.267. The first-order valence-electron chi connectivity index (χ1n) is 9.65. The molecule has 3 rings (SSSR count). The van der Waals surface area contributed by atoms with Crippen molar-refractivity contribution in [1.29, 1.82) is 0 Å². The van der Waals surface area contributed by atoms with Crippen LogP contribution in [0.3, 0.4) is 0 Å². The fourth-order valence-corrected chi connectivity index (χ4v) is 3.42. The van der Waals surface area contributed by atoms with E-state index in [2.05, 4.69) is 24.3 Å².